The average molecular weight is 507 g/mol. The van der Waals surface area contributed by atoms with Crippen molar-refractivity contribution in [3.05, 3.63) is 89.5 Å². The highest BCUT2D eigenvalue weighted by molar-refractivity contribution is 7.89. The normalized spacial score (nSPS) is 12.0. The number of benzene rings is 3. The zero-order chi connectivity index (χ0) is 26.0. The van der Waals surface area contributed by atoms with Crippen molar-refractivity contribution >= 4 is 22.1 Å². The molecule has 1 atom stereocenters. The smallest absolute Gasteiger partial charge is 0.242 e. The molecule has 36 heavy (non-hydrogen) atoms. The molecule has 186 valence electrons. The first-order valence-electron chi connectivity index (χ1n) is 11.0. The second-order valence-electron chi connectivity index (χ2n) is 7.75. The summed E-state index contributed by atoms with van der Waals surface area (Å²) in [6.07, 6.45) is 1.25. The number of hydrazone groups is 1. The van der Waals surface area contributed by atoms with Crippen molar-refractivity contribution in [3.8, 4) is 17.6 Å². The van der Waals surface area contributed by atoms with Crippen LogP contribution in [-0.4, -0.2) is 34.3 Å². The number of rotatable bonds is 11. The highest BCUT2D eigenvalue weighted by atomic mass is 32.2. The largest absolute Gasteiger partial charge is 0.493 e. The van der Waals surface area contributed by atoms with Gasteiger partial charge in [0.2, 0.25) is 15.9 Å². The van der Waals surface area contributed by atoms with E-state index in [2.05, 4.69) is 15.2 Å². The molecule has 3 rings (SSSR count). The Labute approximate surface area is 210 Å². The van der Waals surface area contributed by atoms with Crippen LogP contribution in [0.15, 0.2) is 82.8 Å². The van der Waals surface area contributed by atoms with Gasteiger partial charge in [0.25, 0.3) is 0 Å². The fourth-order valence-corrected chi connectivity index (χ4v) is 4.51. The average Bonchev–Trinajstić information content (AvgIpc) is 2.88. The summed E-state index contributed by atoms with van der Waals surface area (Å²) in [4.78, 5) is 12.8. The summed E-state index contributed by atoms with van der Waals surface area (Å²) in [6, 6.07) is 21.4. The lowest BCUT2D eigenvalue weighted by Gasteiger charge is -2.18. The lowest BCUT2D eigenvalue weighted by Crippen LogP contribution is -2.32. The van der Waals surface area contributed by atoms with Crippen LogP contribution in [0.3, 0.4) is 0 Å². The zero-order valence-electron chi connectivity index (χ0n) is 19.8. The van der Waals surface area contributed by atoms with Gasteiger partial charge in [0, 0.05) is 6.42 Å². The maximum atomic E-state index is 12.9. The molecule has 0 saturated carbocycles. The number of aryl methyl sites for hydroxylation is 1. The minimum Gasteiger partial charge on any atom is -0.493 e. The Morgan fingerprint density at radius 1 is 1.08 bits per heavy atom. The Morgan fingerprint density at radius 3 is 2.47 bits per heavy atom. The fraction of sp³-hybridized carbons (Fsp3) is 0.192. The van der Waals surface area contributed by atoms with Crippen molar-refractivity contribution in [1.29, 1.82) is 5.26 Å². The molecule has 0 aliphatic rings. The number of amides is 1. The van der Waals surface area contributed by atoms with Gasteiger partial charge < -0.3 is 9.47 Å². The van der Waals surface area contributed by atoms with E-state index in [1.165, 1.54) is 25.5 Å². The monoisotopic (exact) mass is 506 g/mol. The molecule has 2 N–H and O–H groups in total. The fourth-order valence-electron chi connectivity index (χ4n) is 3.29. The van der Waals surface area contributed by atoms with Gasteiger partial charge in [0.1, 0.15) is 6.07 Å². The van der Waals surface area contributed by atoms with Crippen LogP contribution in [0.2, 0.25) is 0 Å². The van der Waals surface area contributed by atoms with Gasteiger partial charge in [-0.3, -0.25) is 4.79 Å². The molecule has 3 aromatic rings. The summed E-state index contributed by atoms with van der Waals surface area (Å²) in [6.45, 7) is 1.75. The summed E-state index contributed by atoms with van der Waals surface area (Å²) >= 11 is 0. The Kier molecular flexibility index (Phi) is 9.16. The van der Waals surface area contributed by atoms with Gasteiger partial charge in [0.05, 0.1) is 24.3 Å². The van der Waals surface area contributed by atoms with Crippen molar-refractivity contribution in [3.63, 3.8) is 0 Å². The first-order chi connectivity index (χ1) is 17.3. The van der Waals surface area contributed by atoms with E-state index in [0.717, 1.165) is 5.56 Å². The van der Waals surface area contributed by atoms with E-state index in [-0.39, 0.29) is 17.9 Å². The van der Waals surface area contributed by atoms with Crippen LogP contribution in [0.25, 0.3) is 0 Å². The van der Waals surface area contributed by atoms with Crippen molar-refractivity contribution in [2.75, 3.05) is 13.7 Å². The summed E-state index contributed by atoms with van der Waals surface area (Å²) < 4.78 is 39.1. The minimum atomic E-state index is -3.87. The van der Waals surface area contributed by atoms with E-state index in [0.29, 0.717) is 22.6 Å². The standard InChI is InChI=1S/C26H26N4O5S/c1-19-8-11-22(12-9-19)36(32,33)30-23(21-6-4-3-5-7-21)17-26(31)29-28-18-20-10-13-24(35-15-14-27)25(16-20)34-2/h3-13,16,18,23,30H,15,17H2,1-2H3,(H,29,31)/b28-18-/t23-/m1/s1. The Hall–Kier alpha value is -4.20. The van der Waals surface area contributed by atoms with Crippen LogP contribution in [0.5, 0.6) is 11.5 Å². The third kappa shape index (κ3) is 7.40. The Morgan fingerprint density at radius 2 is 1.81 bits per heavy atom. The molecule has 0 unspecified atom stereocenters. The summed E-state index contributed by atoms with van der Waals surface area (Å²) in [7, 11) is -2.40. The molecule has 3 aromatic carbocycles. The van der Waals surface area contributed by atoms with Gasteiger partial charge in [-0.2, -0.15) is 10.4 Å². The van der Waals surface area contributed by atoms with Crippen molar-refractivity contribution < 1.29 is 22.7 Å². The first kappa shape index (κ1) is 26.4. The lowest BCUT2D eigenvalue weighted by atomic mass is 10.0. The van der Waals surface area contributed by atoms with Crippen LogP contribution in [0, 0.1) is 18.3 Å². The summed E-state index contributed by atoms with van der Waals surface area (Å²) in [5.41, 5.74) is 4.63. The Balaban J connectivity index is 1.70. The maximum Gasteiger partial charge on any atom is 0.242 e. The lowest BCUT2D eigenvalue weighted by molar-refractivity contribution is -0.121. The van der Waals surface area contributed by atoms with E-state index >= 15 is 0 Å². The Bertz CT molecular complexity index is 1350. The number of carbonyl (C=O) groups excluding carboxylic acids is 1. The molecule has 0 fully saturated rings. The molecule has 0 radical (unpaired) electrons. The number of nitrogens with one attached hydrogen (secondary N) is 2. The van der Waals surface area contributed by atoms with E-state index in [4.69, 9.17) is 14.7 Å². The van der Waals surface area contributed by atoms with E-state index in [1.807, 2.05) is 19.1 Å². The molecule has 0 aliphatic heterocycles. The van der Waals surface area contributed by atoms with Crippen LogP contribution >= 0.6 is 0 Å². The molecule has 0 bridgehead atoms. The molecule has 10 heteroatoms. The SMILES string of the molecule is COc1cc(/C=N\NC(=O)C[C@@H](NS(=O)(=O)c2ccc(C)cc2)c2ccccc2)ccc1OCC#N. The maximum absolute atomic E-state index is 12.9. The van der Waals surface area contributed by atoms with Gasteiger partial charge in [-0.05, 0) is 48.4 Å². The molecule has 0 spiro atoms. The number of hydrogen-bond donors (Lipinski definition) is 2. The highest BCUT2D eigenvalue weighted by Gasteiger charge is 2.23. The minimum absolute atomic E-state index is 0.114. The van der Waals surface area contributed by atoms with Crippen LogP contribution in [0.1, 0.15) is 29.2 Å². The molecular formula is C26H26N4O5S. The number of methoxy groups -OCH3 is 1. The molecule has 1 amide bonds. The molecular weight excluding hydrogens is 480 g/mol. The number of carbonyl (C=O) groups is 1. The van der Waals surface area contributed by atoms with Gasteiger partial charge in [-0.15, -0.1) is 0 Å². The summed E-state index contributed by atoms with van der Waals surface area (Å²) in [5, 5.41) is 12.6. The highest BCUT2D eigenvalue weighted by Crippen LogP contribution is 2.27. The molecule has 0 aromatic heterocycles. The quantitative estimate of drug-likeness (QED) is 0.303. The second kappa shape index (κ2) is 12.5. The van der Waals surface area contributed by atoms with Gasteiger partial charge in [0.15, 0.2) is 18.1 Å². The van der Waals surface area contributed by atoms with Crippen molar-refractivity contribution in [2.45, 2.75) is 24.3 Å². The van der Waals surface area contributed by atoms with E-state index in [9.17, 15) is 13.2 Å². The van der Waals surface area contributed by atoms with E-state index < -0.39 is 22.0 Å². The number of ether oxygens (including phenoxy) is 2. The summed E-state index contributed by atoms with van der Waals surface area (Å²) in [5.74, 6) is 0.342. The van der Waals surface area contributed by atoms with E-state index in [1.54, 1.807) is 54.6 Å². The van der Waals surface area contributed by atoms with Gasteiger partial charge in [-0.1, -0.05) is 48.0 Å². The predicted molar refractivity (Wildman–Crippen MR) is 135 cm³/mol. The molecule has 9 nitrogen and oxygen atoms in total. The number of nitrogens with zero attached hydrogens (tertiary/aromatic N) is 2. The molecule has 0 heterocycles. The topological polar surface area (TPSA) is 130 Å². The third-order valence-electron chi connectivity index (χ3n) is 5.10. The molecule has 0 saturated heterocycles. The number of nitriles is 1. The van der Waals surface area contributed by atoms with Crippen molar-refractivity contribution in [1.82, 2.24) is 10.1 Å². The first-order valence-corrected chi connectivity index (χ1v) is 12.4. The number of hydrogen-bond acceptors (Lipinski definition) is 7. The van der Waals surface area contributed by atoms with Gasteiger partial charge >= 0.3 is 0 Å². The number of sulfonamides is 1. The van der Waals surface area contributed by atoms with Crippen LogP contribution < -0.4 is 19.6 Å². The van der Waals surface area contributed by atoms with Gasteiger partial charge in [-0.25, -0.2) is 18.6 Å². The third-order valence-corrected chi connectivity index (χ3v) is 6.59. The predicted octanol–water partition coefficient (Wildman–Crippen LogP) is 3.47. The second-order valence-corrected chi connectivity index (χ2v) is 9.47. The molecule has 0 aliphatic carbocycles. The zero-order valence-corrected chi connectivity index (χ0v) is 20.7. The van der Waals surface area contributed by atoms with Crippen LogP contribution in [0.4, 0.5) is 0 Å². The van der Waals surface area contributed by atoms with Crippen LogP contribution in [-0.2, 0) is 14.8 Å². The van der Waals surface area contributed by atoms with Crippen molar-refractivity contribution in [2.24, 2.45) is 5.10 Å².